The second kappa shape index (κ2) is 7.68. The number of carbonyl (C=O) groups is 1. The number of nitrogens with one attached hydrogen (secondary N) is 1. The number of amides is 1. The summed E-state index contributed by atoms with van der Waals surface area (Å²) < 4.78 is 0. The van der Waals surface area contributed by atoms with Gasteiger partial charge in [0.25, 0.3) is 5.91 Å². The van der Waals surface area contributed by atoms with Crippen LogP contribution in [0.2, 0.25) is 0 Å². The Morgan fingerprint density at radius 3 is 2.60 bits per heavy atom. The van der Waals surface area contributed by atoms with Crippen molar-refractivity contribution in [3.05, 3.63) is 83.1 Å². The van der Waals surface area contributed by atoms with Crippen molar-refractivity contribution in [1.29, 1.82) is 0 Å². The average molecular weight is 414 g/mol. The highest BCUT2D eigenvalue weighted by Gasteiger charge is 2.20. The Hall–Kier alpha value is -3.58. The second-order valence-electron chi connectivity index (χ2n) is 7.04. The van der Waals surface area contributed by atoms with Crippen molar-refractivity contribution in [2.24, 2.45) is 0 Å². The molecule has 1 N–H and O–H groups in total. The molecule has 2 aromatic heterocycles. The van der Waals surface area contributed by atoms with Gasteiger partial charge in [0, 0.05) is 36.0 Å². The summed E-state index contributed by atoms with van der Waals surface area (Å²) >= 11 is 1.30. The summed E-state index contributed by atoms with van der Waals surface area (Å²) in [6, 6.07) is 18.2. The normalized spacial score (nSPS) is 12.6. The van der Waals surface area contributed by atoms with Crippen molar-refractivity contribution in [1.82, 2.24) is 15.0 Å². The number of nitrogens with zero attached hydrogens (tertiary/aromatic N) is 4. The molecule has 2 aromatic carbocycles. The molecule has 0 spiro atoms. The lowest BCUT2D eigenvalue weighted by Gasteiger charge is -2.20. The van der Waals surface area contributed by atoms with Gasteiger partial charge in [-0.25, -0.2) is 15.0 Å². The van der Waals surface area contributed by atoms with E-state index in [-0.39, 0.29) is 5.91 Å². The fraction of sp³-hybridized carbons (Fsp3) is 0.130. The van der Waals surface area contributed by atoms with Gasteiger partial charge in [-0.15, -0.1) is 11.3 Å². The lowest BCUT2D eigenvalue weighted by atomic mass is 10.2. The number of rotatable bonds is 4. The van der Waals surface area contributed by atoms with Crippen LogP contribution in [-0.4, -0.2) is 27.4 Å². The van der Waals surface area contributed by atoms with Crippen LogP contribution in [-0.2, 0) is 6.42 Å². The first-order valence-corrected chi connectivity index (χ1v) is 10.5. The van der Waals surface area contributed by atoms with E-state index in [1.165, 1.54) is 22.6 Å². The third-order valence-electron chi connectivity index (χ3n) is 5.08. The number of anilines is 3. The van der Waals surface area contributed by atoms with Crippen LogP contribution in [0.5, 0.6) is 0 Å². The highest BCUT2D eigenvalue weighted by molar-refractivity contribution is 7.17. The Morgan fingerprint density at radius 2 is 1.80 bits per heavy atom. The maximum absolute atomic E-state index is 12.8. The van der Waals surface area contributed by atoms with E-state index in [4.69, 9.17) is 0 Å². The van der Waals surface area contributed by atoms with E-state index in [2.05, 4.69) is 49.4 Å². The van der Waals surface area contributed by atoms with Crippen LogP contribution in [0.1, 0.15) is 20.9 Å². The third kappa shape index (κ3) is 3.44. The second-order valence-corrected chi connectivity index (χ2v) is 8.04. The van der Waals surface area contributed by atoms with Gasteiger partial charge in [-0.1, -0.05) is 18.2 Å². The molecular formula is C23H19N5OS. The molecule has 7 heteroatoms. The van der Waals surface area contributed by atoms with Crippen LogP contribution in [0, 0.1) is 6.92 Å². The number of hydrogen-bond donors (Lipinski definition) is 1. The Kier molecular flexibility index (Phi) is 4.72. The van der Waals surface area contributed by atoms with E-state index in [0.717, 1.165) is 24.3 Å². The Balaban J connectivity index is 1.32. The van der Waals surface area contributed by atoms with E-state index >= 15 is 0 Å². The number of aryl methyl sites for hydroxylation is 1. The molecule has 30 heavy (non-hydrogen) atoms. The summed E-state index contributed by atoms with van der Waals surface area (Å²) in [5, 5.41) is 3.61. The minimum absolute atomic E-state index is 0.175. The van der Waals surface area contributed by atoms with Crippen molar-refractivity contribution < 1.29 is 4.79 Å². The topological polar surface area (TPSA) is 71.0 Å². The van der Waals surface area contributed by atoms with E-state index in [0.29, 0.717) is 21.4 Å². The first-order chi connectivity index (χ1) is 14.7. The fourth-order valence-electron chi connectivity index (χ4n) is 3.63. The zero-order valence-corrected chi connectivity index (χ0v) is 17.2. The summed E-state index contributed by atoms with van der Waals surface area (Å²) in [5.41, 5.74) is 5.17. The lowest BCUT2D eigenvalue weighted by molar-refractivity contribution is 0.103. The van der Waals surface area contributed by atoms with Crippen molar-refractivity contribution >= 4 is 34.3 Å². The van der Waals surface area contributed by atoms with Gasteiger partial charge >= 0.3 is 0 Å². The number of fused-ring (bicyclic) bond motifs is 1. The molecule has 1 amide bonds. The maximum atomic E-state index is 12.8. The van der Waals surface area contributed by atoms with Crippen molar-refractivity contribution in [3.8, 4) is 10.8 Å². The molecule has 1 aliphatic rings. The van der Waals surface area contributed by atoms with E-state index in [1.807, 2.05) is 31.2 Å². The molecule has 0 fully saturated rings. The maximum Gasteiger partial charge on any atom is 0.267 e. The molecule has 5 rings (SSSR count). The monoisotopic (exact) mass is 413 g/mol. The Morgan fingerprint density at radius 1 is 1.03 bits per heavy atom. The van der Waals surface area contributed by atoms with Crippen molar-refractivity contribution in [3.63, 3.8) is 0 Å². The number of benzene rings is 2. The first kappa shape index (κ1) is 18.4. The Bertz CT molecular complexity index is 1200. The van der Waals surface area contributed by atoms with Gasteiger partial charge in [0.05, 0.1) is 5.69 Å². The zero-order chi connectivity index (χ0) is 20.5. The average Bonchev–Trinajstić information content (AvgIpc) is 3.39. The molecule has 6 nitrogen and oxygen atoms in total. The van der Waals surface area contributed by atoms with Crippen LogP contribution in [0.15, 0.2) is 67.0 Å². The molecule has 0 bridgehead atoms. The van der Waals surface area contributed by atoms with Gasteiger partial charge < -0.3 is 10.2 Å². The summed E-state index contributed by atoms with van der Waals surface area (Å²) in [4.78, 5) is 28.5. The molecule has 4 aromatic rings. The van der Waals surface area contributed by atoms with E-state index in [1.54, 1.807) is 18.5 Å². The summed E-state index contributed by atoms with van der Waals surface area (Å²) in [7, 11) is 0. The Labute approximate surface area is 178 Å². The van der Waals surface area contributed by atoms with Crippen LogP contribution in [0.25, 0.3) is 10.8 Å². The van der Waals surface area contributed by atoms with Crippen LogP contribution >= 0.6 is 11.3 Å². The highest BCUT2D eigenvalue weighted by atomic mass is 32.1. The molecule has 0 atom stereocenters. The molecule has 0 saturated heterocycles. The number of hydrogen-bond acceptors (Lipinski definition) is 6. The lowest BCUT2D eigenvalue weighted by Crippen LogP contribution is -2.14. The van der Waals surface area contributed by atoms with Gasteiger partial charge in [-0.05, 0) is 55.3 Å². The summed E-state index contributed by atoms with van der Waals surface area (Å²) in [6.45, 7) is 2.79. The van der Waals surface area contributed by atoms with Gasteiger partial charge in [-0.2, -0.15) is 0 Å². The van der Waals surface area contributed by atoms with Crippen LogP contribution in [0.3, 0.4) is 0 Å². The van der Waals surface area contributed by atoms with Crippen molar-refractivity contribution in [2.75, 3.05) is 16.8 Å². The standard InChI is InChI=1S/C23H19N5OS/c1-15-20(30-23(26-15)21-24-12-4-13-25-21)22(29)27-17-7-9-18(10-8-17)28-14-11-16-5-2-3-6-19(16)28/h2-10,12-13H,11,14H2,1H3,(H,27,29). The predicted molar refractivity (Wildman–Crippen MR) is 119 cm³/mol. The molecule has 148 valence electrons. The van der Waals surface area contributed by atoms with Gasteiger partial charge in [-0.3, -0.25) is 4.79 Å². The number of thiazole rings is 1. The van der Waals surface area contributed by atoms with E-state index in [9.17, 15) is 4.79 Å². The van der Waals surface area contributed by atoms with Gasteiger partial charge in [0.1, 0.15) is 4.88 Å². The van der Waals surface area contributed by atoms with Gasteiger partial charge in [0.2, 0.25) is 0 Å². The number of aromatic nitrogens is 3. The molecule has 0 saturated carbocycles. The smallest absolute Gasteiger partial charge is 0.267 e. The van der Waals surface area contributed by atoms with Crippen LogP contribution < -0.4 is 10.2 Å². The summed E-state index contributed by atoms with van der Waals surface area (Å²) in [5.74, 6) is 0.353. The number of carbonyl (C=O) groups excluding carboxylic acids is 1. The highest BCUT2D eigenvalue weighted by Crippen LogP contribution is 2.34. The minimum atomic E-state index is -0.175. The molecule has 0 aliphatic carbocycles. The molecule has 1 aliphatic heterocycles. The minimum Gasteiger partial charge on any atom is -0.341 e. The molecule has 0 unspecified atom stereocenters. The fourth-order valence-corrected chi connectivity index (χ4v) is 4.54. The third-order valence-corrected chi connectivity index (χ3v) is 6.24. The molecule has 0 radical (unpaired) electrons. The van der Waals surface area contributed by atoms with Gasteiger partial charge in [0.15, 0.2) is 10.8 Å². The zero-order valence-electron chi connectivity index (χ0n) is 16.4. The SMILES string of the molecule is Cc1nc(-c2ncccn2)sc1C(=O)Nc1ccc(N2CCc3ccccc32)cc1. The first-order valence-electron chi connectivity index (χ1n) is 9.71. The predicted octanol–water partition coefficient (Wildman–Crippen LogP) is 4.86. The summed E-state index contributed by atoms with van der Waals surface area (Å²) in [6.07, 6.45) is 4.38. The largest absolute Gasteiger partial charge is 0.341 e. The molecular weight excluding hydrogens is 394 g/mol. The van der Waals surface area contributed by atoms with E-state index < -0.39 is 0 Å². The van der Waals surface area contributed by atoms with Crippen molar-refractivity contribution in [2.45, 2.75) is 13.3 Å². The quantitative estimate of drug-likeness (QED) is 0.518. The van der Waals surface area contributed by atoms with Crippen LogP contribution in [0.4, 0.5) is 17.1 Å². The molecule has 3 heterocycles. The number of para-hydroxylation sites is 1.